The van der Waals surface area contributed by atoms with Gasteiger partial charge in [-0.3, -0.25) is 0 Å². The van der Waals surface area contributed by atoms with Crippen molar-refractivity contribution in [3.05, 3.63) is 77.4 Å². The largest absolute Gasteiger partial charge is 0.300 e. The van der Waals surface area contributed by atoms with Crippen LogP contribution in [0.2, 0.25) is 0 Å². The molecule has 2 aromatic rings. The molecule has 0 radical (unpaired) electrons. The van der Waals surface area contributed by atoms with E-state index in [0.717, 1.165) is 11.1 Å². The number of nitrogens with zero attached hydrogens (tertiary/aromatic N) is 2. The second-order valence-electron chi connectivity index (χ2n) is 5.66. The molecule has 0 bridgehead atoms. The summed E-state index contributed by atoms with van der Waals surface area (Å²) in [7, 11) is 0. The summed E-state index contributed by atoms with van der Waals surface area (Å²) in [5, 5.41) is 18.7. The Hall–Kier alpha value is -3.17. The number of rotatable bonds is 6. The van der Waals surface area contributed by atoms with Crippen LogP contribution in [0.1, 0.15) is 36.8 Å². The monoisotopic (exact) mass is 314 g/mol. The van der Waals surface area contributed by atoms with E-state index in [1.165, 1.54) is 0 Å². The van der Waals surface area contributed by atoms with E-state index in [4.69, 9.17) is 0 Å². The van der Waals surface area contributed by atoms with Crippen LogP contribution >= 0.6 is 0 Å². The quantitative estimate of drug-likeness (QED) is 0.729. The Kier molecular flexibility index (Phi) is 6.06. The molecule has 24 heavy (non-hydrogen) atoms. The Morgan fingerprint density at radius 2 is 1.46 bits per heavy atom. The zero-order valence-electron chi connectivity index (χ0n) is 13.6. The predicted octanol–water partition coefficient (Wildman–Crippen LogP) is 4.64. The van der Waals surface area contributed by atoms with Crippen LogP contribution in [0, 0.1) is 22.7 Å². The van der Waals surface area contributed by atoms with E-state index in [-0.39, 0.29) is 17.3 Å². The molecule has 0 fully saturated rings. The van der Waals surface area contributed by atoms with Crippen LogP contribution in [-0.4, -0.2) is 5.78 Å². The van der Waals surface area contributed by atoms with Gasteiger partial charge in [-0.25, -0.2) is 0 Å². The molecule has 1 atom stereocenters. The highest BCUT2D eigenvalue weighted by Crippen LogP contribution is 2.33. The Balaban J connectivity index is 2.47. The normalized spacial score (nSPS) is 11.0. The summed E-state index contributed by atoms with van der Waals surface area (Å²) in [5.41, 5.74) is 2.68. The Morgan fingerprint density at radius 3 is 1.96 bits per heavy atom. The number of carbonyl (C=O) groups excluding carboxylic acids is 1. The van der Waals surface area contributed by atoms with Crippen LogP contribution in [0.25, 0.3) is 5.57 Å². The second kappa shape index (κ2) is 8.46. The molecule has 3 heteroatoms. The molecule has 0 amide bonds. The van der Waals surface area contributed by atoms with E-state index >= 15 is 0 Å². The second-order valence-corrected chi connectivity index (χ2v) is 5.66. The molecule has 0 heterocycles. The van der Waals surface area contributed by atoms with Gasteiger partial charge in [0.15, 0.2) is 0 Å². The smallest absolute Gasteiger partial charge is 0.133 e. The van der Waals surface area contributed by atoms with Gasteiger partial charge in [-0.2, -0.15) is 10.5 Å². The van der Waals surface area contributed by atoms with Crippen LogP contribution in [-0.2, 0) is 4.79 Å². The average Bonchev–Trinajstić information content (AvgIpc) is 2.62. The summed E-state index contributed by atoms with van der Waals surface area (Å²) >= 11 is 0. The molecule has 0 aliphatic carbocycles. The lowest BCUT2D eigenvalue weighted by molar-refractivity contribution is -0.117. The fraction of sp³-hybridized carbons (Fsp3) is 0.190. The van der Waals surface area contributed by atoms with Crippen molar-refractivity contribution in [3.8, 4) is 12.1 Å². The number of allylic oxidation sites excluding steroid dienone is 2. The number of Topliss-reactive ketones (excluding diaryl/α,β-unsaturated/α-hetero) is 1. The van der Waals surface area contributed by atoms with Crippen molar-refractivity contribution < 1.29 is 4.79 Å². The number of ketones is 1. The first-order valence-electron chi connectivity index (χ1n) is 7.78. The van der Waals surface area contributed by atoms with Crippen LogP contribution in [0.5, 0.6) is 0 Å². The number of benzene rings is 2. The fourth-order valence-electron chi connectivity index (χ4n) is 2.79. The van der Waals surface area contributed by atoms with Gasteiger partial charge in [0.2, 0.25) is 0 Å². The third kappa shape index (κ3) is 4.41. The highest BCUT2D eigenvalue weighted by atomic mass is 16.1. The van der Waals surface area contributed by atoms with Gasteiger partial charge in [0.05, 0.1) is 0 Å². The molecule has 0 saturated carbocycles. The van der Waals surface area contributed by atoms with Gasteiger partial charge >= 0.3 is 0 Å². The topological polar surface area (TPSA) is 64.7 Å². The molecule has 118 valence electrons. The van der Waals surface area contributed by atoms with Crippen molar-refractivity contribution in [1.82, 2.24) is 0 Å². The molecule has 0 unspecified atom stereocenters. The zero-order valence-corrected chi connectivity index (χ0v) is 13.6. The minimum atomic E-state index is -0.0596. The van der Waals surface area contributed by atoms with Gasteiger partial charge in [-0.1, -0.05) is 60.7 Å². The van der Waals surface area contributed by atoms with Gasteiger partial charge in [-0.15, -0.1) is 0 Å². The molecule has 2 aromatic carbocycles. The third-order valence-electron chi connectivity index (χ3n) is 3.90. The van der Waals surface area contributed by atoms with Crippen LogP contribution in [0.4, 0.5) is 0 Å². The summed E-state index contributed by atoms with van der Waals surface area (Å²) in [6.45, 7) is 1.57. The summed E-state index contributed by atoms with van der Waals surface area (Å²) < 4.78 is 0. The van der Waals surface area contributed by atoms with Gasteiger partial charge in [0.1, 0.15) is 23.5 Å². The van der Waals surface area contributed by atoms with Crippen molar-refractivity contribution in [2.24, 2.45) is 0 Å². The Morgan fingerprint density at radius 1 is 0.917 bits per heavy atom. The average molecular weight is 314 g/mol. The first kappa shape index (κ1) is 17.2. The van der Waals surface area contributed by atoms with Gasteiger partial charge in [0.25, 0.3) is 0 Å². The summed E-state index contributed by atoms with van der Waals surface area (Å²) in [5.74, 6) is 0.0299. The molecule has 0 aromatic heterocycles. The predicted molar refractivity (Wildman–Crippen MR) is 93.7 cm³/mol. The molecular formula is C21H18N2O. The maximum Gasteiger partial charge on any atom is 0.133 e. The van der Waals surface area contributed by atoms with Gasteiger partial charge in [0, 0.05) is 6.42 Å². The van der Waals surface area contributed by atoms with Crippen molar-refractivity contribution in [2.45, 2.75) is 25.7 Å². The molecule has 0 aliphatic heterocycles. The molecule has 0 N–H and O–H groups in total. The van der Waals surface area contributed by atoms with E-state index in [0.29, 0.717) is 18.4 Å². The highest BCUT2D eigenvalue weighted by molar-refractivity contribution is 5.79. The zero-order chi connectivity index (χ0) is 17.4. The minimum Gasteiger partial charge on any atom is -0.300 e. The summed E-state index contributed by atoms with van der Waals surface area (Å²) in [6.07, 6.45) is 0.856. The Labute approximate surface area is 142 Å². The first-order chi connectivity index (χ1) is 11.7. The van der Waals surface area contributed by atoms with Crippen molar-refractivity contribution in [2.75, 3.05) is 0 Å². The number of hydrogen-bond donors (Lipinski definition) is 0. The van der Waals surface area contributed by atoms with Crippen LogP contribution in [0.3, 0.4) is 0 Å². The summed E-state index contributed by atoms with van der Waals surface area (Å²) in [4.78, 5) is 11.7. The van der Waals surface area contributed by atoms with Crippen LogP contribution in [0.15, 0.2) is 66.2 Å². The molecule has 3 nitrogen and oxygen atoms in total. The minimum absolute atomic E-state index is 0.0596. The maximum absolute atomic E-state index is 11.7. The van der Waals surface area contributed by atoms with Crippen molar-refractivity contribution in [1.29, 1.82) is 10.5 Å². The Bertz CT molecular complexity index is 792. The SMILES string of the molecule is CC(=O)C[C@H](CC(=C(C#N)C#N)c1ccccc1)c1ccccc1. The van der Waals surface area contributed by atoms with E-state index in [9.17, 15) is 15.3 Å². The first-order valence-corrected chi connectivity index (χ1v) is 7.78. The fourth-order valence-corrected chi connectivity index (χ4v) is 2.79. The van der Waals surface area contributed by atoms with E-state index in [1.54, 1.807) is 6.92 Å². The molecule has 0 spiro atoms. The van der Waals surface area contributed by atoms with Crippen molar-refractivity contribution in [3.63, 3.8) is 0 Å². The lowest BCUT2D eigenvalue weighted by Gasteiger charge is -2.18. The van der Waals surface area contributed by atoms with E-state index in [1.807, 2.05) is 72.8 Å². The van der Waals surface area contributed by atoms with Gasteiger partial charge < -0.3 is 4.79 Å². The lowest BCUT2D eigenvalue weighted by atomic mass is 9.84. The number of carbonyl (C=O) groups is 1. The molecule has 2 rings (SSSR count). The summed E-state index contributed by atoms with van der Waals surface area (Å²) in [6, 6.07) is 23.2. The van der Waals surface area contributed by atoms with Gasteiger partial charge in [-0.05, 0) is 36.0 Å². The van der Waals surface area contributed by atoms with Crippen LogP contribution < -0.4 is 0 Å². The van der Waals surface area contributed by atoms with E-state index in [2.05, 4.69) is 0 Å². The third-order valence-corrected chi connectivity index (χ3v) is 3.90. The number of hydrogen-bond acceptors (Lipinski definition) is 3. The standard InChI is InChI=1S/C21H18N2O/c1-16(24)12-19(17-8-4-2-5-9-17)13-21(20(14-22)15-23)18-10-6-3-7-11-18/h2-11,19H,12-13H2,1H3/t19-/m1/s1. The molecule has 0 aliphatic rings. The number of nitriles is 2. The molecule has 0 saturated heterocycles. The van der Waals surface area contributed by atoms with Crippen molar-refractivity contribution >= 4 is 11.4 Å². The lowest BCUT2D eigenvalue weighted by Crippen LogP contribution is -2.06. The van der Waals surface area contributed by atoms with E-state index < -0.39 is 0 Å². The maximum atomic E-state index is 11.7. The molecular weight excluding hydrogens is 296 g/mol. The highest BCUT2D eigenvalue weighted by Gasteiger charge is 2.19.